The van der Waals surface area contributed by atoms with Crippen molar-refractivity contribution in [2.75, 3.05) is 50.8 Å². The Morgan fingerprint density at radius 3 is 2.56 bits per heavy atom. The van der Waals surface area contributed by atoms with Gasteiger partial charge in [-0.1, -0.05) is 0 Å². The van der Waals surface area contributed by atoms with Gasteiger partial charge in [-0.15, -0.1) is 0 Å². The van der Waals surface area contributed by atoms with Gasteiger partial charge in [-0.25, -0.2) is 0 Å². The number of hydrogen-bond acceptors (Lipinski definition) is 4. The van der Waals surface area contributed by atoms with Crippen LogP contribution in [0.3, 0.4) is 0 Å². The molecule has 0 unspecified atom stereocenters. The van der Waals surface area contributed by atoms with E-state index in [2.05, 4.69) is 10.2 Å². The fourth-order valence-electron chi connectivity index (χ4n) is 3.49. The summed E-state index contributed by atoms with van der Waals surface area (Å²) in [4.78, 5) is 27.1. The summed E-state index contributed by atoms with van der Waals surface area (Å²) in [6.45, 7) is 7.32. The third kappa shape index (κ3) is 5.03. The summed E-state index contributed by atoms with van der Waals surface area (Å²) in [5.74, 6) is 0.208. The standard InChI is InChI=1S/C19H27N3O3/c1-15(23)16-4-6-17(7-5-16)22-10-8-21(9-11-22)14-19(24)20-13-18-3-2-12-25-18/h4-7,18H,2-3,8-14H2,1H3,(H,20,24)/p+1/t18-/m0/s1. The number of benzene rings is 1. The second kappa shape index (κ2) is 8.45. The van der Waals surface area contributed by atoms with Crippen molar-refractivity contribution in [3.05, 3.63) is 29.8 Å². The molecule has 6 nitrogen and oxygen atoms in total. The predicted molar refractivity (Wildman–Crippen MR) is 96.2 cm³/mol. The maximum atomic E-state index is 12.1. The number of anilines is 1. The number of ether oxygens (including phenoxy) is 1. The largest absolute Gasteiger partial charge is 0.376 e. The summed E-state index contributed by atoms with van der Waals surface area (Å²) in [5, 5.41) is 3.00. The van der Waals surface area contributed by atoms with Crippen LogP contribution in [0.1, 0.15) is 30.1 Å². The Labute approximate surface area is 149 Å². The zero-order chi connectivity index (χ0) is 17.6. The lowest BCUT2D eigenvalue weighted by atomic mass is 10.1. The van der Waals surface area contributed by atoms with E-state index in [4.69, 9.17) is 4.74 Å². The lowest BCUT2D eigenvalue weighted by Gasteiger charge is -2.33. The molecule has 2 N–H and O–H groups in total. The maximum Gasteiger partial charge on any atom is 0.275 e. The van der Waals surface area contributed by atoms with Crippen molar-refractivity contribution in [2.45, 2.75) is 25.9 Å². The normalized spacial score (nSPS) is 21.3. The molecule has 0 saturated carbocycles. The highest BCUT2D eigenvalue weighted by Crippen LogP contribution is 2.15. The molecule has 0 spiro atoms. The molecule has 1 amide bonds. The minimum absolute atomic E-state index is 0.0924. The number of nitrogens with zero attached hydrogens (tertiary/aromatic N) is 1. The van der Waals surface area contributed by atoms with Gasteiger partial charge in [0, 0.05) is 24.4 Å². The van der Waals surface area contributed by atoms with Crippen LogP contribution in [0, 0.1) is 0 Å². The van der Waals surface area contributed by atoms with Crippen LogP contribution in [0.4, 0.5) is 5.69 Å². The predicted octanol–water partition coefficient (Wildman–Crippen LogP) is -0.111. The van der Waals surface area contributed by atoms with Gasteiger partial charge in [0.15, 0.2) is 12.3 Å². The van der Waals surface area contributed by atoms with Crippen molar-refractivity contribution >= 4 is 17.4 Å². The first-order valence-electron chi connectivity index (χ1n) is 9.19. The molecule has 2 heterocycles. The van der Waals surface area contributed by atoms with Crippen LogP contribution in [0.25, 0.3) is 0 Å². The maximum absolute atomic E-state index is 12.1. The summed E-state index contributed by atoms with van der Waals surface area (Å²) >= 11 is 0. The van der Waals surface area contributed by atoms with E-state index in [9.17, 15) is 9.59 Å². The fourth-order valence-corrected chi connectivity index (χ4v) is 3.49. The van der Waals surface area contributed by atoms with Crippen LogP contribution in [-0.4, -0.2) is 63.7 Å². The molecule has 0 aliphatic carbocycles. The Morgan fingerprint density at radius 1 is 1.24 bits per heavy atom. The SMILES string of the molecule is CC(=O)c1ccc(N2CC[NH+](CC(=O)NC[C@@H]3CCCO3)CC2)cc1. The van der Waals surface area contributed by atoms with E-state index >= 15 is 0 Å². The summed E-state index contributed by atoms with van der Waals surface area (Å²) in [6.07, 6.45) is 2.35. The number of amides is 1. The number of hydrogen-bond donors (Lipinski definition) is 2. The van der Waals surface area contributed by atoms with E-state index in [0.717, 1.165) is 56.9 Å². The van der Waals surface area contributed by atoms with E-state index in [-0.39, 0.29) is 17.8 Å². The first-order valence-corrected chi connectivity index (χ1v) is 9.19. The third-order valence-electron chi connectivity index (χ3n) is 5.07. The third-order valence-corrected chi connectivity index (χ3v) is 5.07. The molecule has 2 saturated heterocycles. The lowest BCUT2D eigenvalue weighted by Crippen LogP contribution is -3.16. The number of nitrogens with one attached hydrogen (secondary N) is 2. The molecule has 1 atom stereocenters. The number of rotatable bonds is 6. The molecule has 136 valence electrons. The van der Waals surface area contributed by atoms with Crippen LogP contribution in [0.15, 0.2) is 24.3 Å². The van der Waals surface area contributed by atoms with Crippen molar-refractivity contribution in [3.63, 3.8) is 0 Å². The molecular weight excluding hydrogens is 318 g/mol. The Hall–Kier alpha value is -1.92. The van der Waals surface area contributed by atoms with Gasteiger partial charge in [0.05, 0.1) is 32.3 Å². The van der Waals surface area contributed by atoms with Gasteiger partial charge in [-0.3, -0.25) is 9.59 Å². The number of quaternary nitrogens is 1. The average Bonchev–Trinajstić information content (AvgIpc) is 3.14. The van der Waals surface area contributed by atoms with E-state index in [1.807, 2.05) is 24.3 Å². The number of Topliss-reactive ketones (excluding diaryl/α,β-unsaturated/α-hetero) is 1. The first kappa shape index (κ1) is 17.9. The van der Waals surface area contributed by atoms with Gasteiger partial charge in [0.2, 0.25) is 0 Å². The summed E-state index contributed by atoms with van der Waals surface area (Å²) < 4.78 is 5.53. The van der Waals surface area contributed by atoms with Gasteiger partial charge in [0.25, 0.3) is 5.91 Å². The number of ketones is 1. The highest BCUT2D eigenvalue weighted by molar-refractivity contribution is 5.94. The Bertz CT molecular complexity index is 588. The van der Waals surface area contributed by atoms with Crippen LogP contribution in [0.2, 0.25) is 0 Å². The number of carbonyl (C=O) groups excluding carboxylic acids is 2. The van der Waals surface area contributed by atoms with E-state index in [1.165, 1.54) is 4.90 Å². The molecule has 0 radical (unpaired) electrons. The van der Waals surface area contributed by atoms with Crippen molar-refractivity contribution in [3.8, 4) is 0 Å². The number of piperazine rings is 1. The molecule has 0 aromatic heterocycles. The molecule has 6 heteroatoms. The molecule has 1 aromatic carbocycles. The Morgan fingerprint density at radius 2 is 1.96 bits per heavy atom. The van der Waals surface area contributed by atoms with E-state index in [1.54, 1.807) is 6.92 Å². The van der Waals surface area contributed by atoms with E-state index < -0.39 is 0 Å². The van der Waals surface area contributed by atoms with Crippen molar-refractivity contribution < 1.29 is 19.2 Å². The number of carbonyl (C=O) groups is 2. The van der Waals surface area contributed by atoms with E-state index in [0.29, 0.717) is 13.1 Å². The molecule has 2 aliphatic heterocycles. The van der Waals surface area contributed by atoms with Gasteiger partial charge < -0.3 is 19.9 Å². The van der Waals surface area contributed by atoms with Crippen LogP contribution in [-0.2, 0) is 9.53 Å². The van der Waals surface area contributed by atoms with Crippen molar-refractivity contribution in [2.24, 2.45) is 0 Å². The van der Waals surface area contributed by atoms with Gasteiger partial charge >= 0.3 is 0 Å². The molecule has 0 bridgehead atoms. The highest BCUT2D eigenvalue weighted by atomic mass is 16.5. The van der Waals surface area contributed by atoms with Gasteiger partial charge in [-0.2, -0.15) is 0 Å². The summed E-state index contributed by atoms with van der Waals surface area (Å²) in [5.41, 5.74) is 1.89. The molecule has 2 fully saturated rings. The molecule has 2 aliphatic rings. The fraction of sp³-hybridized carbons (Fsp3) is 0.579. The minimum Gasteiger partial charge on any atom is -0.376 e. The van der Waals surface area contributed by atoms with Gasteiger partial charge in [-0.05, 0) is 44.0 Å². The van der Waals surface area contributed by atoms with Crippen LogP contribution in [0.5, 0.6) is 0 Å². The zero-order valence-electron chi connectivity index (χ0n) is 14.9. The monoisotopic (exact) mass is 346 g/mol. The minimum atomic E-state index is 0.0924. The summed E-state index contributed by atoms with van der Waals surface area (Å²) in [6, 6.07) is 7.79. The summed E-state index contributed by atoms with van der Waals surface area (Å²) in [7, 11) is 0. The smallest absolute Gasteiger partial charge is 0.275 e. The molecule has 3 rings (SSSR count). The van der Waals surface area contributed by atoms with Crippen LogP contribution >= 0.6 is 0 Å². The van der Waals surface area contributed by atoms with Gasteiger partial charge in [0.1, 0.15) is 0 Å². The van der Waals surface area contributed by atoms with Crippen molar-refractivity contribution in [1.29, 1.82) is 0 Å². The lowest BCUT2D eigenvalue weighted by molar-refractivity contribution is -0.892. The zero-order valence-corrected chi connectivity index (χ0v) is 14.9. The van der Waals surface area contributed by atoms with Crippen molar-refractivity contribution in [1.82, 2.24) is 5.32 Å². The molecular formula is C19H28N3O3+. The Balaban J connectivity index is 1.40. The quantitative estimate of drug-likeness (QED) is 0.706. The average molecular weight is 346 g/mol. The second-order valence-corrected chi connectivity index (χ2v) is 6.96. The second-order valence-electron chi connectivity index (χ2n) is 6.96. The Kier molecular flexibility index (Phi) is 6.04. The topological polar surface area (TPSA) is 63.1 Å². The van der Waals surface area contributed by atoms with Crippen LogP contribution < -0.4 is 15.1 Å². The first-order chi connectivity index (χ1) is 12.1. The molecule has 1 aromatic rings. The molecule has 25 heavy (non-hydrogen) atoms. The highest BCUT2D eigenvalue weighted by Gasteiger charge is 2.23.